The number of imide groups is 2. The molecule has 3 aliphatic heterocycles. The van der Waals surface area contributed by atoms with Crippen LogP contribution < -0.4 is 10.2 Å². The number of hydrogen-bond acceptors (Lipinski definition) is 6. The minimum atomic E-state index is -0.941. The Bertz CT molecular complexity index is 955. The predicted molar refractivity (Wildman–Crippen MR) is 116 cm³/mol. The lowest BCUT2D eigenvalue weighted by Crippen LogP contribution is -2.62. The third kappa shape index (κ3) is 3.63. The van der Waals surface area contributed by atoms with Gasteiger partial charge >= 0.3 is 0 Å². The van der Waals surface area contributed by atoms with Gasteiger partial charge in [-0.05, 0) is 59.2 Å². The standard InChI is InChI=1S/C23H30N4O4/c1-13-11-25(12-14(2)27(13)23(3,4)5)15-6-7-16-17(10-15)22(31)26(21(16)30)18-8-9-19(28)24-20(18)29/h6-7,10,13-14,18H,8-9,11-12H2,1-5H3,(H,24,28,29). The van der Waals surface area contributed by atoms with Gasteiger partial charge in [0.05, 0.1) is 11.1 Å². The third-order valence-electron chi connectivity index (χ3n) is 6.48. The van der Waals surface area contributed by atoms with E-state index >= 15 is 0 Å². The van der Waals surface area contributed by atoms with Crippen LogP contribution in [0, 0.1) is 0 Å². The van der Waals surface area contributed by atoms with Crippen LogP contribution in [0.3, 0.4) is 0 Å². The summed E-state index contributed by atoms with van der Waals surface area (Å²) in [6.07, 6.45) is 0.273. The minimum Gasteiger partial charge on any atom is -0.368 e. The van der Waals surface area contributed by atoms with Gasteiger partial charge in [-0.25, -0.2) is 0 Å². The van der Waals surface area contributed by atoms with Crippen LogP contribution in [0.25, 0.3) is 0 Å². The van der Waals surface area contributed by atoms with Crippen LogP contribution in [0.4, 0.5) is 5.69 Å². The maximum Gasteiger partial charge on any atom is 0.262 e. The van der Waals surface area contributed by atoms with Crippen LogP contribution in [-0.2, 0) is 9.59 Å². The number of anilines is 1. The summed E-state index contributed by atoms with van der Waals surface area (Å²) in [4.78, 5) is 55.5. The lowest BCUT2D eigenvalue weighted by atomic mass is 9.96. The highest BCUT2D eigenvalue weighted by Crippen LogP contribution is 2.33. The zero-order chi connectivity index (χ0) is 22.7. The molecule has 1 N–H and O–H groups in total. The normalized spacial score (nSPS) is 27.6. The fourth-order valence-electron chi connectivity index (χ4n) is 5.51. The van der Waals surface area contributed by atoms with Gasteiger partial charge in [0.1, 0.15) is 6.04 Å². The smallest absolute Gasteiger partial charge is 0.262 e. The van der Waals surface area contributed by atoms with Crippen molar-refractivity contribution in [1.29, 1.82) is 0 Å². The molecule has 8 nitrogen and oxygen atoms in total. The molecule has 1 aromatic carbocycles. The molecule has 3 atom stereocenters. The molecule has 0 aliphatic carbocycles. The van der Waals surface area contributed by atoms with Crippen LogP contribution in [0.15, 0.2) is 18.2 Å². The van der Waals surface area contributed by atoms with Crippen LogP contribution in [0.1, 0.15) is 68.2 Å². The molecule has 2 fully saturated rings. The number of nitrogens with one attached hydrogen (secondary N) is 1. The summed E-state index contributed by atoms with van der Waals surface area (Å²) in [6, 6.07) is 5.05. The van der Waals surface area contributed by atoms with Crippen LogP contribution in [-0.4, -0.2) is 70.2 Å². The van der Waals surface area contributed by atoms with E-state index in [1.807, 2.05) is 6.07 Å². The molecule has 3 unspecified atom stereocenters. The van der Waals surface area contributed by atoms with Crippen LogP contribution in [0.2, 0.25) is 0 Å². The summed E-state index contributed by atoms with van der Waals surface area (Å²) in [6.45, 7) is 12.7. The van der Waals surface area contributed by atoms with E-state index in [9.17, 15) is 19.2 Å². The van der Waals surface area contributed by atoms with E-state index in [4.69, 9.17) is 0 Å². The van der Waals surface area contributed by atoms with Crippen molar-refractivity contribution in [3.05, 3.63) is 29.3 Å². The quantitative estimate of drug-likeness (QED) is 0.725. The van der Waals surface area contributed by atoms with Crippen molar-refractivity contribution in [2.45, 2.75) is 71.1 Å². The van der Waals surface area contributed by atoms with E-state index in [-0.39, 0.29) is 24.3 Å². The number of carbonyl (C=O) groups is 4. The largest absolute Gasteiger partial charge is 0.368 e. The predicted octanol–water partition coefficient (Wildman–Crippen LogP) is 1.79. The van der Waals surface area contributed by atoms with Crippen LogP contribution >= 0.6 is 0 Å². The highest BCUT2D eigenvalue weighted by molar-refractivity contribution is 6.23. The molecule has 0 radical (unpaired) electrons. The van der Waals surface area contributed by atoms with Gasteiger partial charge in [-0.2, -0.15) is 0 Å². The van der Waals surface area contributed by atoms with Crippen molar-refractivity contribution in [3.63, 3.8) is 0 Å². The minimum absolute atomic E-state index is 0.0632. The first-order valence-electron chi connectivity index (χ1n) is 10.9. The summed E-state index contributed by atoms with van der Waals surface area (Å²) in [5.41, 5.74) is 1.60. The molecule has 3 aliphatic rings. The summed E-state index contributed by atoms with van der Waals surface area (Å²) < 4.78 is 0. The van der Waals surface area contributed by atoms with E-state index in [1.165, 1.54) is 0 Å². The monoisotopic (exact) mass is 426 g/mol. The van der Waals surface area contributed by atoms with Crippen molar-refractivity contribution < 1.29 is 19.2 Å². The number of benzene rings is 1. The van der Waals surface area contributed by atoms with E-state index in [1.54, 1.807) is 12.1 Å². The number of piperidine rings is 1. The van der Waals surface area contributed by atoms with E-state index < -0.39 is 23.8 Å². The molecule has 0 saturated carbocycles. The molecule has 2 saturated heterocycles. The van der Waals surface area contributed by atoms with Crippen molar-refractivity contribution in [1.82, 2.24) is 15.1 Å². The highest BCUT2D eigenvalue weighted by atomic mass is 16.2. The molecule has 1 aromatic rings. The molecule has 166 valence electrons. The number of hydrogen-bond donors (Lipinski definition) is 1. The second kappa shape index (κ2) is 7.44. The zero-order valence-electron chi connectivity index (χ0n) is 18.8. The topological polar surface area (TPSA) is 90.0 Å². The molecule has 8 heteroatoms. The van der Waals surface area contributed by atoms with E-state index in [0.29, 0.717) is 23.2 Å². The molecule has 0 aromatic heterocycles. The van der Waals surface area contributed by atoms with Gasteiger partial charge in [0, 0.05) is 42.8 Å². The lowest BCUT2D eigenvalue weighted by molar-refractivity contribution is -0.136. The Balaban J connectivity index is 1.58. The van der Waals surface area contributed by atoms with Crippen molar-refractivity contribution in [2.24, 2.45) is 0 Å². The highest BCUT2D eigenvalue weighted by Gasteiger charge is 2.45. The second-order valence-electron chi connectivity index (χ2n) is 9.86. The number of nitrogens with zero attached hydrogens (tertiary/aromatic N) is 3. The first-order valence-corrected chi connectivity index (χ1v) is 10.9. The molecular formula is C23H30N4O4. The summed E-state index contributed by atoms with van der Waals surface area (Å²) in [7, 11) is 0. The Morgan fingerprint density at radius 2 is 1.55 bits per heavy atom. The van der Waals surface area contributed by atoms with Gasteiger partial charge < -0.3 is 4.90 Å². The molecule has 0 spiro atoms. The van der Waals surface area contributed by atoms with Crippen LogP contribution in [0.5, 0.6) is 0 Å². The maximum atomic E-state index is 13.1. The fourth-order valence-corrected chi connectivity index (χ4v) is 5.51. The Morgan fingerprint density at radius 3 is 2.13 bits per heavy atom. The number of amides is 4. The zero-order valence-corrected chi connectivity index (χ0v) is 18.8. The number of rotatable bonds is 2. The van der Waals surface area contributed by atoms with Gasteiger partial charge in [0.2, 0.25) is 11.8 Å². The molecule has 31 heavy (non-hydrogen) atoms. The van der Waals surface area contributed by atoms with Gasteiger partial charge in [-0.15, -0.1) is 0 Å². The molecular weight excluding hydrogens is 396 g/mol. The lowest BCUT2D eigenvalue weighted by Gasteiger charge is -2.51. The maximum absolute atomic E-state index is 13.1. The number of carbonyl (C=O) groups excluding carboxylic acids is 4. The first-order chi connectivity index (χ1) is 14.5. The Labute approximate surface area is 182 Å². The van der Waals surface area contributed by atoms with E-state index in [2.05, 4.69) is 49.7 Å². The average Bonchev–Trinajstić information content (AvgIpc) is 2.90. The average molecular weight is 427 g/mol. The van der Waals surface area contributed by atoms with Crippen molar-refractivity contribution in [3.8, 4) is 0 Å². The molecule has 4 amide bonds. The Kier molecular flexibility index (Phi) is 5.16. The van der Waals surface area contributed by atoms with Crippen molar-refractivity contribution in [2.75, 3.05) is 18.0 Å². The SMILES string of the molecule is CC1CN(c2ccc3c(c2)C(=O)N(C2CCC(=O)NC2=O)C3=O)CC(C)N1C(C)(C)C. The molecule has 0 bridgehead atoms. The summed E-state index contributed by atoms with van der Waals surface area (Å²) in [5.74, 6) is -1.91. The van der Waals surface area contributed by atoms with Gasteiger partial charge in [0.15, 0.2) is 0 Å². The molecule has 3 heterocycles. The van der Waals surface area contributed by atoms with Crippen molar-refractivity contribution >= 4 is 29.3 Å². The Morgan fingerprint density at radius 1 is 0.935 bits per heavy atom. The summed E-state index contributed by atoms with van der Waals surface area (Å²) >= 11 is 0. The van der Waals surface area contributed by atoms with E-state index in [0.717, 1.165) is 23.7 Å². The Hall–Kier alpha value is -2.74. The second-order valence-corrected chi connectivity index (χ2v) is 9.86. The first kappa shape index (κ1) is 21.5. The van der Waals surface area contributed by atoms with Gasteiger partial charge in [0.25, 0.3) is 11.8 Å². The third-order valence-corrected chi connectivity index (χ3v) is 6.48. The fraction of sp³-hybridized carbons (Fsp3) is 0.565. The summed E-state index contributed by atoms with van der Waals surface area (Å²) in [5, 5.41) is 2.23. The van der Waals surface area contributed by atoms with Gasteiger partial charge in [-0.3, -0.25) is 34.3 Å². The number of piperazine rings is 1. The number of fused-ring (bicyclic) bond motifs is 1. The molecule has 4 rings (SSSR count). The van der Waals surface area contributed by atoms with Gasteiger partial charge in [-0.1, -0.05) is 0 Å².